The van der Waals surface area contributed by atoms with Crippen LogP contribution >= 0.6 is 0 Å². The van der Waals surface area contributed by atoms with Crippen LogP contribution in [0.25, 0.3) is 0 Å². The average molecular weight is 282 g/mol. The van der Waals surface area contributed by atoms with E-state index in [2.05, 4.69) is 0 Å². The van der Waals surface area contributed by atoms with Crippen molar-refractivity contribution in [1.29, 1.82) is 0 Å². The van der Waals surface area contributed by atoms with E-state index in [1.165, 1.54) is 0 Å². The molecule has 4 nitrogen and oxygen atoms in total. The van der Waals surface area contributed by atoms with Gasteiger partial charge in [-0.25, -0.2) is 0 Å². The largest absolute Gasteiger partial charge is 0.481 e. The second-order valence-corrected chi connectivity index (χ2v) is 7.88. The summed E-state index contributed by atoms with van der Waals surface area (Å²) < 4.78 is 0. The number of hydrogen-bond donors (Lipinski definition) is 2. The van der Waals surface area contributed by atoms with Crippen molar-refractivity contribution < 1.29 is 19.8 Å². The monoisotopic (exact) mass is 282 g/mol. The summed E-state index contributed by atoms with van der Waals surface area (Å²) in [6.07, 6.45) is 4.34. The summed E-state index contributed by atoms with van der Waals surface area (Å²) in [5, 5.41) is 19.9. The standard InChI is InChI=1S/C16H26O4/c1-5-15(11(17)18)9-8-14(6-7-14)10-16(15,12(19)20)13(2,3)4/h5-10H2,1-4H3,(H,17,18)(H,19,20). The average Bonchev–Trinajstić information content (AvgIpc) is 3.06. The maximum absolute atomic E-state index is 12.3. The number of aliphatic carboxylic acids is 2. The second-order valence-electron chi connectivity index (χ2n) is 7.88. The molecular weight excluding hydrogens is 256 g/mol. The van der Waals surface area contributed by atoms with Gasteiger partial charge in [-0.05, 0) is 49.4 Å². The molecule has 0 aromatic heterocycles. The van der Waals surface area contributed by atoms with Crippen molar-refractivity contribution in [2.24, 2.45) is 21.7 Å². The minimum atomic E-state index is -1.19. The highest BCUT2D eigenvalue weighted by Gasteiger charge is 2.71. The van der Waals surface area contributed by atoms with E-state index in [9.17, 15) is 19.8 Å². The van der Waals surface area contributed by atoms with Gasteiger partial charge in [0.1, 0.15) is 0 Å². The fraction of sp³-hybridized carbons (Fsp3) is 0.875. The van der Waals surface area contributed by atoms with Gasteiger partial charge in [0, 0.05) is 0 Å². The summed E-state index contributed by atoms with van der Waals surface area (Å²) in [6, 6.07) is 0. The lowest BCUT2D eigenvalue weighted by Gasteiger charge is -2.57. The summed E-state index contributed by atoms with van der Waals surface area (Å²) in [5.41, 5.74) is -2.82. The van der Waals surface area contributed by atoms with Crippen LogP contribution in [0, 0.1) is 21.7 Å². The van der Waals surface area contributed by atoms with Crippen LogP contribution in [-0.2, 0) is 9.59 Å². The number of hydrogen-bond acceptors (Lipinski definition) is 2. The van der Waals surface area contributed by atoms with Crippen LogP contribution in [0.3, 0.4) is 0 Å². The normalized spacial score (nSPS) is 35.8. The summed E-state index contributed by atoms with van der Waals surface area (Å²) in [7, 11) is 0. The molecule has 2 atom stereocenters. The van der Waals surface area contributed by atoms with E-state index in [0.717, 1.165) is 19.3 Å². The third kappa shape index (κ3) is 1.73. The Morgan fingerprint density at radius 1 is 1.00 bits per heavy atom. The number of carboxylic acids is 2. The van der Waals surface area contributed by atoms with E-state index < -0.39 is 28.2 Å². The van der Waals surface area contributed by atoms with E-state index in [-0.39, 0.29) is 5.41 Å². The van der Waals surface area contributed by atoms with Crippen molar-refractivity contribution in [2.45, 2.75) is 66.2 Å². The smallest absolute Gasteiger partial charge is 0.311 e. The van der Waals surface area contributed by atoms with Gasteiger partial charge in [-0.1, -0.05) is 27.7 Å². The second kappa shape index (κ2) is 4.22. The fourth-order valence-electron chi connectivity index (χ4n) is 4.62. The first-order valence-electron chi connectivity index (χ1n) is 7.54. The SMILES string of the molecule is CCC1(C(=O)O)CCC2(CC2)CC1(C(=O)O)C(C)(C)C. The molecule has 2 fully saturated rings. The Morgan fingerprint density at radius 2 is 1.50 bits per heavy atom. The molecule has 2 rings (SSSR count). The molecule has 0 bridgehead atoms. The fourth-order valence-corrected chi connectivity index (χ4v) is 4.62. The highest BCUT2D eigenvalue weighted by atomic mass is 16.4. The maximum atomic E-state index is 12.3. The van der Waals surface area contributed by atoms with E-state index in [1.54, 1.807) is 0 Å². The van der Waals surface area contributed by atoms with Gasteiger partial charge in [-0.2, -0.15) is 0 Å². The molecule has 2 aliphatic carbocycles. The molecule has 0 aliphatic heterocycles. The van der Waals surface area contributed by atoms with Crippen molar-refractivity contribution in [1.82, 2.24) is 0 Å². The molecule has 2 unspecified atom stereocenters. The molecule has 0 amide bonds. The Balaban J connectivity index is 2.65. The molecule has 2 N–H and O–H groups in total. The number of carboxylic acid groups (broad SMARTS) is 2. The Kier molecular flexibility index (Phi) is 3.23. The zero-order valence-electron chi connectivity index (χ0n) is 13.0. The van der Waals surface area contributed by atoms with Gasteiger partial charge in [0.15, 0.2) is 0 Å². The van der Waals surface area contributed by atoms with Gasteiger partial charge < -0.3 is 10.2 Å². The topological polar surface area (TPSA) is 74.6 Å². The first-order valence-corrected chi connectivity index (χ1v) is 7.54. The molecular formula is C16H26O4. The first kappa shape index (κ1) is 15.3. The van der Waals surface area contributed by atoms with Gasteiger partial charge in [0.2, 0.25) is 0 Å². The minimum absolute atomic E-state index is 0.0970. The van der Waals surface area contributed by atoms with Crippen LogP contribution < -0.4 is 0 Å². The van der Waals surface area contributed by atoms with Gasteiger partial charge in [-0.15, -0.1) is 0 Å². The van der Waals surface area contributed by atoms with Gasteiger partial charge in [-0.3, -0.25) is 9.59 Å². The van der Waals surface area contributed by atoms with Crippen LogP contribution in [0.2, 0.25) is 0 Å². The van der Waals surface area contributed by atoms with Crippen LogP contribution in [0.4, 0.5) is 0 Å². The molecule has 4 heteroatoms. The molecule has 0 heterocycles. The molecule has 2 aliphatic rings. The molecule has 0 saturated heterocycles. The highest BCUT2D eigenvalue weighted by Crippen LogP contribution is 2.71. The van der Waals surface area contributed by atoms with E-state index >= 15 is 0 Å². The molecule has 20 heavy (non-hydrogen) atoms. The van der Waals surface area contributed by atoms with Crippen molar-refractivity contribution in [2.75, 3.05) is 0 Å². The Hall–Kier alpha value is -1.06. The van der Waals surface area contributed by atoms with E-state index in [0.29, 0.717) is 19.3 Å². The number of carbonyl (C=O) groups is 2. The maximum Gasteiger partial charge on any atom is 0.311 e. The lowest BCUT2D eigenvalue weighted by atomic mass is 9.44. The summed E-state index contributed by atoms with van der Waals surface area (Å²) >= 11 is 0. The lowest BCUT2D eigenvalue weighted by molar-refractivity contribution is -0.200. The predicted octanol–water partition coefficient (Wildman–Crippen LogP) is 3.55. The summed E-state index contributed by atoms with van der Waals surface area (Å²) in [5.74, 6) is -1.87. The molecule has 114 valence electrons. The Morgan fingerprint density at radius 3 is 1.80 bits per heavy atom. The lowest BCUT2D eigenvalue weighted by Crippen LogP contribution is -2.62. The summed E-state index contributed by atoms with van der Waals surface area (Å²) in [4.78, 5) is 24.3. The zero-order valence-corrected chi connectivity index (χ0v) is 13.0. The van der Waals surface area contributed by atoms with Crippen LogP contribution in [0.5, 0.6) is 0 Å². The van der Waals surface area contributed by atoms with Gasteiger partial charge >= 0.3 is 11.9 Å². The summed E-state index contributed by atoms with van der Waals surface area (Å²) in [6.45, 7) is 7.48. The quantitative estimate of drug-likeness (QED) is 0.830. The van der Waals surface area contributed by atoms with Gasteiger partial charge in [0.05, 0.1) is 10.8 Å². The van der Waals surface area contributed by atoms with Crippen molar-refractivity contribution in [3.8, 4) is 0 Å². The molecule has 2 saturated carbocycles. The van der Waals surface area contributed by atoms with E-state index in [4.69, 9.17) is 0 Å². The third-order valence-electron chi connectivity index (χ3n) is 6.15. The Bertz CT molecular complexity index is 444. The predicted molar refractivity (Wildman–Crippen MR) is 75.4 cm³/mol. The zero-order chi connectivity index (χ0) is 15.4. The molecule has 0 radical (unpaired) electrons. The Labute approximate surface area is 120 Å². The van der Waals surface area contributed by atoms with Gasteiger partial charge in [0.25, 0.3) is 0 Å². The van der Waals surface area contributed by atoms with Crippen molar-refractivity contribution >= 4 is 11.9 Å². The van der Waals surface area contributed by atoms with Crippen LogP contribution in [0.15, 0.2) is 0 Å². The van der Waals surface area contributed by atoms with Crippen molar-refractivity contribution in [3.05, 3.63) is 0 Å². The molecule has 0 aromatic carbocycles. The van der Waals surface area contributed by atoms with Crippen molar-refractivity contribution in [3.63, 3.8) is 0 Å². The first-order chi connectivity index (χ1) is 9.07. The molecule has 1 spiro atoms. The molecule has 0 aromatic rings. The number of rotatable bonds is 3. The third-order valence-corrected chi connectivity index (χ3v) is 6.15. The van der Waals surface area contributed by atoms with Crippen LogP contribution in [0.1, 0.15) is 66.2 Å². The van der Waals surface area contributed by atoms with Crippen LogP contribution in [-0.4, -0.2) is 22.2 Å². The van der Waals surface area contributed by atoms with E-state index in [1.807, 2.05) is 27.7 Å². The minimum Gasteiger partial charge on any atom is -0.481 e. The highest BCUT2D eigenvalue weighted by molar-refractivity contribution is 5.88.